The minimum atomic E-state index is -4.51. The van der Waals surface area contributed by atoms with Crippen molar-refractivity contribution in [2.24, 2.45) is 5.92 Å². The van der Waals surface area contributed by atoms with Crippen molar-refractivity contribution >= 4 is 29.9 Å². The smallest absolute Gasteiger partial charge is 0.416 e. The second-order valence-electron chi connectivity index (χ2n) is 15.9. The molecule has 3 heterocycles. The molecule has 4 aliphatic rings. The first-order chi connectivity index (χ1) is 26.9. The van der Waals surface area contributed by atoms with Gasteiger partial charge in [-0.2, -0.15) is 13.2 Å². The highest BCUT2D eigenvalue weighted by molar-refractivity contribution is 5.98. The van der Waals surface area contributed by atoms with Crippen LogP contribution in [0.2, 0.25) is 0 Å². The molecule has 0 bridgehead atoms. The molecule has 1 saturated carbocycles. The van der Waals surface area contributed by atoms with Crippen LogP contribution in [0, 0.1) is 11.7 Å². The maximum absolute atomic E-state index is 14.4. The lowest BCUT2D eigenvalue weighted by molar-refractivity contribution is -0.144. The first kappa shape index (κ1) is 41.4. The van der Waals surface area contributed by atoms with Gasteiger partial charge in [0.15, 0.2) is 0 Å². The Hall–Kier alpha value is -5.19. The van der Waals surface area contributed by atoms with Gasteiger partial charge >= 0.3 is 18.4 Å². The molecule has 57 heavy (non-hydrogen) atoms. The van der Waals surface area contributed by atoms with Gasteiger partial charge in [0.05, 0.1) is 25.3 Å². The molecule has 6 rings (SSSR count). The number of hydroxylamine groups is 1. The van der Waals surface area contributed by atoms with Crippen LogP contribution in [0.5, 0.6) is 0 Å². The third-order valence-electron chi connectivity index (χ3n) is 10.5. The van der Waals surface area contributed by atoms with Crippen LogP contribution in [0.1, 0.15) is 88.0 Å². The summed E-state index contributed by atoms with van der Waals surface area (Å²) in [5, 5.41) is 5.49. The molecule has 3 aliphatic heterocycles. The Kier molecular flexibility index (Phi) is 12.2. The Labute approximate surface area is 327 Å². The third-order valence-corrected chi connectivity index (χ3v) is 10.5. The summed E-state index contributed by atoms with van der Waals surface area (Å²) in [5.41, 5.74) is 0.522. The summed E-state index contributed by atoms with van der Waals surface area (Å²) >= 11 is 0. The molecule has 3 N–H and O–H groups in total. The molecular formula is C40H47F4N5O8. The number of fused-ring (bicyclic) bond motifs is 3. The van der Waals surface area contributed by atoms with Gasteiger partial charge in [0, 0.05) is 24.4 Å². The quantitative estimate of drug-likeness (QED) is 0.188. The molecule has 2 aromatic rings. The molecule has 5 amide bonds. The van der Waals surface area contributed by atoms with Gasteiger partial charge in [0.25, 0.3) is 5.91 Å². The molecule has 0 unspecified atom stereocenters. The van der Waals surface area contributed by atoms with Crippen LogP contribution in [0.15, 0.2) is 54.6 Å². The number of hydrogen-bond donors (Lipinski definition) is 3. The Bertz CT molecular complexity index is 1880. The Morgan fingerprint density at radius 1 is 1.00 bits per heavy atom. The summed E-state index contributed by atoms with van der Waals surface area (Å²) in [7, 11) is 0. The van der Waals surface area contributed by atoms with Crippen LogP contribution < -0.4 is 16.1 Å². The zero-order valence-electron chi connectivity index (χ0n) is 32.0. The van der Waals surface area contributed by atoms with Gasteiger partial charge in [0.2, 0.25) is 11.8 Å². The van der Waals surface area contributed by atoms with Crippen molar-refractivity contribution in [1.29, 1.82) is 0 Å². The molecular weight excluding hydrogens is 754 g/mol. The van der Waals surface area contributed by atoms with E-state index in [2.05, 4.69) is 16.1 Å². The molecule has 0 aromatic heterocycles. The second kappa shape index (κ2) is 16.7. The van der Waals surface area contributed by atoms with E-state index in [9.17, 15) is 41.5 Å². The summed E-state index contributed by atoms with van der Waals surface area (Å²) in [4.78, 5) is 76.6. The van der Waals surface area contributed by atoms with Crippen LogP contribution in [-0.4, -0.2) is 75.6 Å². The summed E-state index contributed by atoms with van der Waals surface area (Å²) in [6, 6.07) is 6.49. The number of nitrogens with one attached hydrogen (secondary N) is 3. The van der Waals surface area contributed by atoms with Gasteiger partial charge in [-0.3, -0.25) is 24.1 Å². The van der Waals surface area contributed by atoms with Gasteiger partial charge < -0.3 is 25.0 Å². The van der Waals surface area contributed by atoms with Crippen molar-refractivity contribution in [2.75, 3.05) is 6.54 Å². The zero-order chi connectivity index (χ0) is 41.1. The average molecular weight is 802 g/mol. The normalized spacial score (nSPS) is 25.2. The van der Waals surface area contributed by atoms with Crippen molar-refractivity contribution in [3.8, 4) is 0 Å². The van der Waals surface area contributed by atoms with E-state index >= 15 is 0 Å². The van der Waals surface area contributed by atoms with Crippen molar-refractivity contribution < 1.29 is 55.8 Å². The first-order valence-corrected chi connectivity index (χ1v) is 19.0. The largest absolute Gasteiger partial charge is 0.444 e. The van der Waals surface area contributed by atoms with Gasteiger partial charge in [-0.05, 0) is 75.8 Å². The number of amides is 5. The van der Waals surface area contributed by atoms with Crippen molar-refractivity contribution in [1.82, 2.24) is 25.9 Å². The predicted octanol–water partition coefficient (Wildman–Crippen LogP) is 5.80. The number of nitrogens with zero attached hydrogens (tertiary/aromatic N) is 2. The van der Waals surface area contributed by atoms with E-state index in [-0.39, 0.29) is 45.5 Å². The van der Waals surface area contributed by atoms with E-state index in [1.807, 2.05) is 12.2 Å². The lowest BCUT2D eigenvalue weighted by Gasteiger charge is -2.30. The fourth-order valence-electron chi connectivity index (χ4n) is 7.41. The van der Waals surface area contributed by atoms with E-state index in [0.717, 1.165) is 18.6 Å². The summed E-state index contributed by atoms with van der Waals surface area (Å²) in [6.45, 7) is 4.68. The Morgan fingerprint density at radius 2 is 1.75 bits per heavy atom. The highest BCUT2D eigenvalue weighted by Gasteiger charge is 2.61. The average Bonchev–Trinajstić information content (AvgIpc) is 3.42. The Morgan fingerprint density at radius 3 is 2.46 bits per heavy atom. The summed E-state index contributed by atoms with van der Waals surface area (Å²) < 4.78 is 64.7. The highest BCUT2D eigenvalue weighted by atomic mass is 19.4. The predicted molar refractivity (Wildman–Crippen MR) is 195 cm³/mol. The minimum absolute atomic E-state index is 0.0184. The number of ether oxygens (including phenoxy) is 2. The number of allylic oxidation sites excluding steroid dienone is 1. The minimum Gasteiger partial charge on any atom is -0.444 e. The molecule has 2 aromatic carbocycles. The monoisotopic (exact) mass is 801 g/mol. The van der Waals surface area contributed by atoms with E-state index in [1.54, 1.807) is 32.9 Å². The molecule has 5 atom stereocenters. The maximum atomic E-state index is 14.4. The molecule has 0 radical (unpaired) electrons. The molecule has 308 valence electrons. The summed E-state index contributed by atoms with van der Waals surface area (Å²) in [6.07, 6.45) is -0.369. The van der Waals surface area contributed by atoms with Crippen LogP contribution in [0.3, 0.4) is 0 Å². The lowest BCUT2D eigenvalue weighted by Crippen LogP contribution is -2.58. The number of alkyl carbamates (subject to hydrolysis) is 1. The van der Waals surface area contributed by atoms with Crippen LogP contribution in [-0.2, 0) is 54.6 Å². The summed E-state index contributed by atoms with van der Waals surface area (Å²) in [5.74, 6) is -2.91. The van der Waals surface area contributed by atoms with E-state index in [4.69, 9.17) is 14.3 Å². The molecule has 2 fully saturated rings. The lowest BCUT2D eigenvalue weighted by atomic mass is 10.0. The van der Waals surface area contributed by atoms with Crippen LogP contribution >= 0.6 is 0 Å². The molecule has 0 spiro atoms. The standard InChI is InChI=1S/C40H47F4N5O8/c1-38(2,3)57-36(53)45-31-13-8-6-4-5-7-11-27-19-39(27,35(52)47-55-23-24-14-16-26(17-15-24)40(42,43)44)46-33(50)32-18-28(21-49(32)34(31)51)56-37(54)48-20-25-10-9-12-30(41)29(25)22-48/h7,9-12,14-17,27-28,31-32H,4-6,8,13,18-23H2,1-3H3,(H,45,53)(H,46,50)(H,47,52)/t27-,28-,31+,32+,39-/m1/s1. The van der Waals surface area contributed by atoms with Crippen molar-refractivity contribution in [3.05, 3.63) is 82.7 Å². The zero-order valence-corrected chi connectivity index (χ0v) is 32.0. The molecule has 1 saturated heterocycles. The van der Waals surface area contributed by atoms with E-state index in [0.29, 0.717) is 36.0 Å². The maximum Gasteiger partial charge on any atom is 0.416 e. The number of rotatable bonds is 6. The number of hydrogen-bond acceptors (Lipinski definition) is 8. The number of alkyl halides is 3. The number of carbonyl (C=O) groups is 5. The van der Waals surface area contributed by atoms with E-state index in [1.165, 1.54) is 28.0 Å². The third kappa shape index (κ3) is 10.0. The Balaban J connectivity index is 1.20. The van der Waals surface area contributed by atoms with Crippen molar-refractivity contribution in [3.63, 3.8) is 0 Å². The fourth-order valence-corrected chi connectivity index (χ4v) is 7.41. The first-order valence-electron chi connectivity index (χ1n) is 19.0. The van der Waals surface area contributed by atoms with Gasteiger partial charge in [-0.1, -0.05) is 49.3 Å². The van der Waals surface area contributed by atoms with Gasteiger partial charge in [-0.25, -0.2) is 19.5 Å². The SMILES string of the molecule is CC(C)(C)OC(=O)N[C@H]1CCCCCC=C[C@@H]2C[C@@]2(C(=O)NOCc2ccc(C(F)(F)F)cc2)NC(=O)[C@@H]2C[C@@H](OC(=O)N3Cc4cccc(F)c4C3)CN2C1=O. The van der Waals surface area contributed by atoms with Crippen LogP contribution in [0.4, 0.5) is 27.2 Å². The van der Waals surface area contributed by atoms with Crippen molar-refractivity contribution in [2.45, 2.75) is 121 Å². The van der Waals surface area contributed by atoms with E-state index < -0.39 is 82.7 Å². The van der Waals surface area contributed by atoms with Gasteiger partial charge in [-0.15, -0.1) is 0 Å². The topological polar surface area (TPSA) is 156 Å². The number of halogens is 4. The number of benzene rings is 2. The fraction of sp³-hybridized carbons (Fsp3) is 0.525. The molecule has 17 heteroatoms. The molecule has 1 aliphatic carbocycles. The second-order valence-corrected chi connectivity index (χ2v) is 15.9. The highest BCUT2D eigenvalue weighted by Crippen LogP contribution is 2.45. The van der Waals surface area contributed by atoms with Gasteiger partial charge in [0.1, 0.15) is 35.1 Å². The van der Waals surface area contributed by atoms with Crippen LogP contribution in [0.25, 0.3) is 0 Å². The number of carbonyl (C=O) groups excluding carboxylic acids is 5. The molecule has 13 nitrogen and oxygen atoms in total.